The van der Waals surface area contributed by atoms with Gasteiger partial charge in [0.05, 0.1) is 6.54 Å². The van der Waals surface area contributed by atoms with Crippen LogP contribution in [0.15, 0.2) is 30.3 Å². The van der Waals surface area contributed by atoms with E-state index in [-0.39, 0.29) is 23.9 Å². The number of nitrogens with zero attached hydrogens (tertiary/aromatic N) is 1. The fourth-order valence-corrected chi connectivity index (χ4v) is 2.71. The van der Waals surface area contributed by atoms with Crippen molar-refractivity contribution in [1.29, 1.82) is 0 Å². The number of amides is 2. The number of benzene rings is 1. The molecule has 142 valence electrons. The summed E-state index contributed by atoms with van der Waals surface area (Å²) in [5.74, 6) is -1.17. The van der Waals surface area contributed by atoms with Crippen LogP contribution >= 0.6 is 0 Å². The van der Waals surface area contributed by atoms with Crippen LogP contribution in [0.25, 0.3) is 6.08 Å². The largest absolute Gasteiger partial charge is 0.573 e. The molecule has 2 rings (SSSR count). The zero-order chi connectivity index (χ0) is 19.2. The number of carbonyl (C=O) groups is 2. The monoisotopic (exact) mass is 371 g/mol. The third-order valence-corrected chi connectivity index (χ3v) is 3.87. The molecule has 1 saturated heterocycles. The summed E-state index contributed by atoms with van der Waals surface area (Å²) in [5, 5.41) is 2.80. The van der Waals surface area contributed by atoms with E-state index in [0.717, 1.165) is 0 Å². The summed E-state index contributed by atoms with van der Waals surface area (Å²) in [5.41, 5.74) is 5.29. The highest BCUT2D eigenvalue weighted by Gasteiger charge is 2.31. The third-order valence-electron chi connectivity index (χ3n) is 3.87. The van der Waals surface area contributed by atoms with Gasteiger partial charge in [0.25, 0.3) is 0 Å². The lowest BCUT2D eigenvalue weighted by Crippen LogP contribution is -2.46. The van der Waals surface area contributed by atoms with Gasteiger partial charge < -0.3 is 15.8 Å². The topological polar surface area (TPSA) is 84.7 Å². The molecular weight excluding hydrogens is 351 g/mol. The Morgan fingerprint density at radius 1 is 1.27 bits per heavy atom. The van der Waals surface area contributed by atoms with Crippen LogP contribution in [0, 0.1) is 0 Å². The van der Waals surface area contributed by atoms with Crippen LogP contribution in [0.4, 0.5) is 13.2 Å². The standard InChI is InChI=1S/C17H20F3N3O3/c18-17(19,20)26-14-4-2-1-3-12(14)5-6-16(25)22-13-7-9-23(10-8-13)11-15(21)24/h1-6,13H,7-11H2,(H2,21,24)(H,22,25). The number of hydrogen-bond acceptors (Lipinski definition) is 4. The second-order valence-electron chi connectivity index (χ2n) is 5.94. The predicted octanol–water partition coefficient (Wildman–Crippen LogP) is 1.66. The summed E-state index contributed by atoms with van der Waals surface area (Å²) < 4.78 is 41.1. The molecule has 3 N–H and O–H groups in total. The smallest absolute Gasteiger partial charge is 0.405 e. The quantitative estimate of drug-likeness (QED) is 0.745. The average Bonchev–Trinajstić information content (AvgIpc) is 2.54. The van der Waals surface area contributed by atoms with Gasteiger partial charge >= 0.3 is 6.36 Å². The zero-order valence-electron chi connectivity index (χ0n) is 14.0. The predicted molar refractivity (Wildman–Crippen MR) is 89.0 cm³/mol. The molecule has 0 unspecified atom stereocenters. The maximum Gasteiger partial charge on any atom is 0.573 e. The number of ether oxygens (including phenoxy) is 1. The van der Waals surface area contributed by atoms with Gasteiger partial charge in [0.15, 0.2) is 0 Å². The molecule has 0 atom stereocenters. The molecule has 6 nitrogen and oxygen atoms in total. The minimum Gasteiger partial charge on any atom is -0.405 e. The van der Waals surface area contributed by atoms with E-state index in [0.29, 0.717) is 25.9 Å². The van der Waals surface area contributed by atoms with Gasteiger partial charge in [-0.25, -0.2) is 0 Å². The summed E-state index contributed by atoms with van der Waals surface area (Å²) >= 11 is 0. The number of nitrogens with two attached hydrogens (primary N) is 1. The van der Waals surface area contributed by atoms with Gasteiger partial charge in [-0.05, 0) is 25.0 Å². The summed E-state index contributed by atoms with van der Waals surface area (Å²) in [6, 6.07) is 5.51. The van der Waals surface area contributed by atoms with E-state index in [1.165, 1.54) is 30.4 Å². The number of nitrogens with one attached hydrogen (secondary N) is 1. The van der Waals surface area contributed by atoms with Crippen LogP contribution in [0.1, 0.15) is 18.4 Å². The number of para-hydroxylation sites is 1. The molecule has 0 radical (unpaired) electrons. The Hall–Kier alpha value is -2.55. The van der Waals surface area contributed by atoms with Crippen molar-refractivity contribution in [3.05, 3.63) is 35.9 Å². The van der Waals surface area contributed by atoms with Crippen LogP contribution in [0.2, 0.25) is 0 Å². The molecule has 2 amide bonds. The lowest BCUT2D eigenvalue weighted by atomic mass is 10.0. The number of halogens is 3. The fourth-order valence-electron chi connectivity index (χ4n) is 2.71. The molecule has 1 aromatic carbocycles. The molecule has 0 aliphatic carbocycles. The van der Waals surface area contributed by atoms with Crippen molar-refractivity contribution in [2.75, 3.05) is 19.6 Å². The van der Waals surface area contributed by atoms with E-state index in [1.807, 2.05) is 4.90 Å². The minimum atomic E-state index is -4.80. The number of primary amides is 1. The number of likely N-dealkylation sites (tertiary alicyclic amines) is 1. The average molecular weight is 371 g/mol. The lowest BCUT2D eigenvalue weighted by molar-refractivity contribution is -0.274. The number of hydrogen-bond donors (Lipinski definition) is 2. The maximum atomic E-state index is 12.4. The van der Waals surface area contributed by atoms with Crippen LogP contribution in [-0.2, 0) is 9.59 Å². The molecule has 0 aromatic heterocycles. The summed E-state index contributed by atoms with van der Waals surface area (Å²) in [6.07, 6.45) is -1.01. The molecule has 26 heavy (non-hydrogen) atoms. The molecule has 0 saturated carbocycles. The number of piperidine rings is 1. The highest BCUT2D eigenvalue weighted by molar-refractivity contribution is 5.92. The Kier molecular flexibility index (Phi) is 6.62. The van der Waals surface area contributed by atoms with E-state index in [4.69, 9.17) is 5.73 Å². The van der Waals surface area contributed by atoms with E-state index in [2.05, 4.69) is 10.1 Å². The number of rotatable bonds is 6. The van der Waals surface area contributed by atoms with Gasteiger partial charge in [0, 0.05) is 30.8 Å². The van der Waals surface area contributed by atoms with Crippen LogP contribution in [-0.4, -0.2) is 48.8 Å². The highest BCUT2D eigenvalue weighted by Crippen LogP contribution is 2.26. The third kappa shape index (κ3) is 6.75. The van der Waals surface area contributed by atoms with Crippen molar-refractivity contribution in [3.8, 4) is 5.75 Å². The first-order valence-electron chi connectivity index (χ1n) is 8.07. The molecule has 1 heterocycles. The van der Waals surface area contributed by atoms with Crippen LogP contribution < -0.4 is 15.8 Å². The Balaban J connectivity index is 1.88. The molecule has 9 heteroatoms. The maximum absolute atomic E-state index is 12.4. The van der Waals surface area contributed by atoms with Crippen molar-refractivity contribution < 1.29 is 27.5 Å². The minimum absolute atomic E-state index is 0.0575. The van der Waals surface area contributed by atoms with E-state index < -0.39 is 18.2 Å². The van der Waals surface area contributed by atoms with Crippen LogP contribution in [0.3, 0.4) is 0 Å². The van der Waals surface area contributed by atoms with Gasteiger partial charge in [0.2, 0.25) is 11.8 Å². The van der Waals surface area contributed by atoms with Gasteiger partial charge in [-0.3, -0.25) is 14.5 Å². The molecule has 0 bridgehead atoms. The lowest BCUT2D eigenvalue weighted by Gasteiger charge is -2.31. The van der Waals surface area contributed by atoms with E-state index in [9.17, 15) is 22.8 Å². The van der Waals surface area contributed by atoms with Crippen molar-refractivity contribution in [2.45, 2.75) is 25.2 Å². The first-order valence-corrected chi connectivity index (χ1v) is 8.07. The SMILES string of the molecule is NC(=O)CN1CCC(NC(=O)C=Cc2ccccc2OC(F)(F)F)CC1. The van der Waals surface area contributed by atoms with Crippen molar-refractivity contribution in [2.24, 2.45) is 5.73 Å². The zero-order valence-corrected chi connectivity index (χ0v) is 14.0. The first-order chi connectivity index (χ1) is 12.2. The molecule has 1 aliphatic heterocycles. The Labute approximate surface area is 148 Å². The molecule has 1 aromatic rings. The second kappa shape index (κ2) is 8.70. The molecule has 1 fully saturated rings. The van der Waals surface area contributed by atoms with Gasteiger partial charge in [-0.1, -0.05) is 18.2 Å². The van der Waals surface area contributed by atoms with Gasteiger partial charge in [-0.2, -0.15) is 0 Å². The molecular formula is C17H20F3N3O3. The number of alkyl halides is 3. The second-order valence-corrected chi connectivity index (χ2v) is 5.94. The first kappa shape index (κ1) is 19.8. The number of carbonyl (C=O) groups excluding carboxylic acids is 2. The highest BCUT2D eigenvalue weighted by atomic mass is 19.4. The molecule has 1 aliphatic rings. The Morgan fingerprint density at radius 3 is 2.54 bits per heavy atom. The normalized spacial score (nSPS) is 16.6. The van der Waals surface area contributed by atoms with Crippen molar-refractivity contribution in [3.63, 3.8) is 0 Å². The van der Waals surface area contributed by atoms with Gasteiger partial charge in [-0.15, -0.1) is 13.2 Å². The van der Waals surface area contributed by atoms with Crippen molar-refractivity contribution in [1.82, 2.24) is 10.2 Å². The molecule has 0 spiro atoms. The Bertz CT molecular complexity index is 669. The fraction of sp³-hybridized carbons (Fsp3) is 0.412. The van der Waals surface area contributed by atoms with Gasteiger partial charge in [0.1, 0.15) is 5.75 Å². The van der Waals surface area contributed by atoms with E-state index >= 15 is 0 Å². The van der Waals surface area contributed by atoms with E-state index in [1.54, 1.807) is 6.07 Å². The Morgan fingerprint density at radius 2 is 1.92 bits per heavy atom. The summed E-state index contributed by atoms with van der Waals surface area (Å²) in [7, 11) is 0. The van der Waals surface area contributed by atoms with Crippen molar-refractivity contribution >= 4 is 17.9 Å². The summed E-state index contributed by atoms with van der Waals surface area (Å²) in [4.78, 5) is 24.8. The summed E-state index contributed by atoms with van der Waals surface area (Å²) in [6.45, 7) is 1.47. The van der Waals surface area contributed by atoms with Crippen LogP contribution in [0.5, 0.6) is 5.75 Å².